The molecule has 130 valence electrons. The SMILES string of the molecule is Cn1nc(C(=O)N2CCCC(C#N)(c3ccccn3)C2)c2ccccc21. The van der Waals surface area contributed by atoms with E-state index in [1.54, 1.807) is 15.8 Å². The third-order valence-electron chi connectivity index (χ3n) is 5.11. The zero-order valence-electron chi connectivity index (χ0n) is 14.6. The lowest BCUT2D eigenvalue weighted by Crippen LogP contribution is -2.48. The Bertz CT molecular complexity index is 1000. The smallest absolute Gasteiger partial charge is 0.275 e. The van der Waals surface area contributed by atoms with Gasteiger partial charge in [-0.25, -0.2) is 0 Å². The van der Waals surface area contributed by atoms with Crippen molar-refractivity contribution >= 4 is 16.8 Å². The minimum absolute atomic E-state index is 0.128. The highest BCUT2D eigenvalue weighted by molar-refractivity contribution is 6.04. The molecule has 1 atom stereocenters. The van der Waals surface area contributed by atoms with Crippen molar-refractivity contribution < 1.29 is 4.79 Å². The molecule has 1 aliphatic rings. The molecule has 0 N–H and O–H groups in total. The standard InChI is InChI=1S/C20H19N5O/c1-24-16-8-3-2-7-15(16)18(23-24)19(26)25-12-6-10-20(13-21,14-25)17-9-4-5-11-22-17/h2-5,7-9,11H,6,10,12,14H2,1H3. The zero-order chi connectivity index (χ0) is 18.1. The summed E-state index contributed by atoms with van der Waals surface area (Å²) in [5.74, 6) is -0.128. The van der Waals surface area contributed by atoms with Gasteiger partial charge < -0.3 is 4.90 Å². The van der Waals surface area contributed by atoms with Crippen LogP contribution in [0.15, 0.2) is 48.7 Å². The Labute approximate surface area is 151 Å². The Kier molecular flexibility index (Phi) is 3.92. The van der Waals surface area contributed by atoms with Crippen molar-refractivity contribution in [1.82, 2.24) is 19.7 Å². The number of fused-ring (bicyclic) bond motifs is 1. The number of carbonyl (C=O) groups is 1. The van der Waals surface area contributed by atoms with Gasteiger partial charge in [-0.3, -0.25) is 14.5 Å². The molecule has 2 aromatic heterocycles. The average Bonchev–Trinajstić information content (AvgIpc) is 3.05. The van der Waals surface area contributed by atoms with E-state index in [2.05, 4.69) is 16.2 Å². The summed E-state index contributed by atoms with van der Waals surface area (Å²) < 4.78 is 1.73. The molecule has 1 unspecified atom stereocenters. The second kappa shape index (κ2) is 6.26. The molecule has 1 aliphatic heterocycles. The summed E-state index contributed by atoms with van der Waals surface area (Å²) in [6, 6.07) is 15.7. The lowest BCUT2D eigenvalue weighted by molar-refractivity contribution is 0.0668. The van der Waals surface area contributed by atoms with Gasteiger partial charge in [0.25, 0.3) is 5.91 Å². The van der Waals surface area contributed by atoms with Gasteiger partial charge in [-0.05, 0) is 31.0 Å². The normalized spacial score (nSPS) is 20.1. The zero-order valence-corrected chi connectivity index (χ0v) is 14.6. The van der Waals surface area contributed by atoms with Crippen LogP contribution in [0.2, 0.25) is 0 Å². The number of aryl methyl sites for hydroxylation is 1. The number of piperidine rings is 1. The molecule has 26 heavy (non-hydrogen) atoms. The van der Waals surface area contributed by atoms with Crippen molar-refractivity contribution in [3.05, 3.63) is 60.0 Å². The molecule has 6 heteroatoms. The van der Waals surface area contributed by atoms with E-state index in [0.717, 1.165) is 23.0 Å². The molecule has 0 bridgehead atoms. The van der Waals surface area contributed by atoms with Crippen LogP contribution in [0, 0.1) is 11.3 Å². The number of para-hydroxylation sites is 1. The van der Waals surface area contributed by atoms with E-state index >= 15 is 0 Å². The monoisotopic (exact) mass is 345 g/mol. The first kappa shape index (κ1) is 16.3. The topological polar surface area (TPSA) is 74.8 Å². The van der Waals surface area contributed by atoms with Crippen LogP contribution in [-0.4, -0.2) is 38.7 Å². The first-order valence-corrected chi connectivity index (χ1v) is 8.68. The first-order valence-electron chi connectivity index (χ1n) is 8.68. The summed E-state index contributed by atoms with van der Waals surface area (Å²) in [5, 5.41) is 15.2. The summed E-state index contributed by atoms with van der Waals surface area (Å²) in [5.41, 5.74) is 1.33. The van der Waals surface area contributed by atoms with Crippen LogP contribution in [0.5, 0.6) is 0 Å². The Balaban J connectivity index is 1.69. The number of aromatic nitrogens is 3. The molecule has 0 radical (unpaired) electrons. The van der Waals surface area contributed by atoms with E-state index in [9.17, 15) is 10.1 Å². The highest BCUT2D eigenvalue weighted by atomic mass is 16.2. The van der Waals surface area contributed by atoms with Crippen LogP contribution in [0.25, 0.3) is 10.9 Å². The highest BCUT2D eigenvalue weighted by Gasteiger charge is 2.41. The molecule has 3 aromatic rings. The quantitative estimate of drug-likeness (QED) is 0.716. The number of nitriles is 1. The van der Waals surface area contributed by atoms with Crippen molar-refractivity contribution in [1.29, 1.82) is 5.26 Å². The molecule has 1 amide bonds. The van der Waals surface area contributed by atoms with E-state index in [-0.39, 0.29) is 5.91 Å². The molecule has 0 aliphatic carbocycles. The molecule has 3 heterocycles. The van der Waals surface area contributed by atoms with E-state index in [1.807, 2.05) is 49.5 Å². The second-order valence-electron chi connectivity index (χ2n) is 6.73. The average molecular weight is 345 g/mol. The maximum absolute atomic E-state index is 13.2. The van der Waals surface area contributed by atoms with Gasteiger partial charge in [-0.1, -0.05) is 24.3 Å². The van der Waals surface area contributed by atoms with Crippen molar-refractivity contribution in [2.24, 2.45) is 7.05 Å². The summed E-state index contributed by atoms with van der Waals surface area (Å²) in [6.07, 6.45) is 3.16. The predicted molar refractivity (Wildman–Crippen MR) is 97.4 cm³/mol. The Morgan fingerprint density at radius 3 is 2.81 bits per heavy atom. The van der Waals surface area contributed by atoms with E-state index in [1.165, 1.54) is 0 Å². The number of rotatable bonds is 2. The molecule has 1 saturated heterocycles. The fourth-order valence-corrected chi connectivity index (χ4v) is 3.75. The number of hydrogen-bond donors (Lipinski definition) is 0. The molecule has 0 saturated carbocycles. The van der Waals surface area contributed by atoms with Gasteiger partial charge in [0.15, 0.2) is 5.69 Å². The fraction of sp³-hybridized carbons (Fsp3) is 0.300. The minimum atomic E-state index is -0.764. The number of nitrogens with zero attached hydrogens (tertiary/aromatic N) is 5. The molecule has 1 fully saturated rings. The Morgan fingerprint density at radius 1 is 1.23 bits per heavy atom. The molecule has 0 spiro atoms. The Morgan fingerprint density at radius 2 is 2.04 bits per heavy atom. The summed E-state index contributed by atoms with van der Waals surface area (Å²) >= 11 is 0. The number of likely N-dealkylation sites (tertiary alicyclic amines) is 1. The third-order valence-corrected chi connectivity index (χ3v) is 5.11. The van der Waals surface area contributed by atoms with Crippen molar-refractivity contribution in [2.75, 3.05) is 13.1 Å². The van der Waals surface area contributed by atoms with E-state index in [4.69, 9.17) is 0 Å². The summed E-state index contributed by atoms with van der Waals surface area (Å²) in [7, 11) is 1.84. The minimum Gasteiger partial charge on any atom is -0.335 e. The van der Waals surface area contributed by atoms with E-state index in [0.29, 0.717) is 25.2 Å². The Hall–Kier alpha value is -3.20. The van der Waals surface area contributed by atoms with Gasteiger partial charge in [0.1, 0.15) is 5.41 Å². The molecular weight excluding hydrogens is 326 g/mol. The number of benzene rings is 1. The van der Waals surface area contributed by atoms with Crippen LogP contribution in [-0.2, 0) is 12.5 Å². The van der Waals surface area contributed by atoms with Crippen LogP contribution in [0.4, 0.5) is 0 Å². The number of amides is 1. The van der Waals surface area contributed by atoms with Crippen LogP contribution < -0.4 is 0 Å². The fourth-order valence-electron chi connectivity index (χ4n) is 3.75. The summed E-state index contributed by atoms with van der Waals surface area (Å²) in [4.78, 5) is 19.3. The predicted octanol–water partition coefficient (Wildman–Crippen LogP) is 2.67. The largest absolute Gasteiger partial charge is 0.335 e. The maximum atomic E-state index is 13.2. The van der Waals surface area contributed by atoms with Gasteiger partial charge in [0, 0.05) is 31.7 Å². The molecule has 6 nitrogen and oxygen atoms in total. The lowest BCUT2D eigenvalue weighted by atomic mass is 9.78. The first-order chi connectivity index (χ1) is 12.6. The molecular formula is C20H19N5O. The van der Waals surface area contributed by atoms with Gasteiger partial charge in [0.2, 0.25) is 0 Å². The van der Waals surface area contributed by atoms with Crippen molar-refractivity contribution in [3.63, 3.8) is 0 Å². The summed E-state index contributed by atoms with van der Waals surface area (Å²) in [6.45, 7) is 0.963. The molecule has 4 rings (SSSR count). The number of carbonyl (C=O) groups excluding carboxylic acids is 1. The van der Waals surface area contributed by atoms with Crippen LogP contribution >= 0.6 is 0 Å². The van der Waals surface area contributed by atoms with Gasteiger partial charge >= 0.3 is 0 Å². The van der Waals surface area contributed by atoms with Crippen LogP contribution in [0.3, 0.4) is 0 Å². The lowest BCUT2D eigenvalue weighted by Gasteiger charge is -2.37. The maximum Gasteiger partial charge on any atom is 0.275 e. The number of pyridine rings is 1. The second-order valence-corrected chi connectivity index (χ2v) is 6.73. The van der Waals surface area contributed by atoms with E-state index < -0.39 is 5.41 Å². The third kappa shape index (κ3) is 2.53. The van der Waals surface area contributed by atoms with Crippen molar-refractivity contribution in [2.45, 2.75) is 18.3 Å². The van der Waals surface area contributed by atoms with Gasteiger partial charge in [-0.15, -0.1) is 0 Å². The van der Waals surface area contributed by atoms with Gasteiger partial charge in [0.05, 0.1) is 17.3 Å². The van der Waals surface area contributed by atoms with Gasteiger partial charge in [-0.2, -0.15) is 10.4 Å². The molecule has 1 aromatic carbocycles. The van der Waals surface area contributed by atoms with Crippen LogP contribution in [0.1, 0.15) is 29.0 Å². The van der Waals surface area contributed by atoms with Crippen molar-refractivity contribution in [3.8, 4) is 6.07 Å². The number of hydrogen-bond acceptors (Lipinski definition) is 4. The highest BCUT2D eigenvalue weighted by Crippen LogP contribution is 2.33.